The van der Waals surface area contributed by atoms with Crippen molar-refractivity contribution in [3.63, 3.8) is 0 Å². The summed E-state index contributed by atoms with van der Waals surface area (Å²) in [7, 11) is 1.64. The summed E-state index contributed by atoms with van der Waals surface area (Å²) in [4.78, 5) is 22.9. The molecule has 1 amide bonds. The van der Waals surface area contributed by atoms with Gasteiger partial charge in [0.15, 0.2) is 0 Å². The summed E-state index contributed by atoms with van der Waals surface area (Å²) in [5, 5.41) is 11.9. The second-order valence-electron chi connectivity index (χ2n) is 5.45. The molecule has 1 unspecified atom stereocenters. The van der Waals surface area contributed by atoms with Crippen molar-refractivity contribution >= 4 is 11.9 Å². The van der Waals surface area contributed by atoms with Crippen molar-refractivity contribution in [2.24, 2.45) is 17.8 Å². The molecule has 5 heteroatoms. The van der Waals surface area contributed by atoms with Crippen LogP contribution in [-0.4, -0.2) is 36.7 Å². The first kappa shape index (κ1) is 13.3. The molecule has 2 aliphatic rings. The van der Waals surface area contributed by atoms with E-state index in [2.05, 4.69) is 5.32 Å². The van der Waals surface area contributed by atoms with E-state index in [0.29, 0.717) is 31.8 Å². The standard InChI is InChI=1S/C13H21NO4/c1-18-7-11(8-2-3-8)14-12(15)9-4-5-10(6-9)13(16)17/h8-11H,2-7H2,1H3,(H,14,15)(H,16,17)/t9-,10+,11?/m1/s1. The quantitative estimate of drug-likeness (QED) is 0.743. The molecule has 0 aromatic carbocycles. The number of amides is 1. The van der Waals surface area contributed by atoms with Gasteiger partial charge in [-0.15, -0.1) is 0 Å². The van der Waals surface area contributed by atoms with Crippen LogP contribution in [0.15, 0.2) is 0 Å². The molecule has 0 aromatic rings. The molecule has 0 heterocycles. The largest absolute Gasteiger partial charge is 0.481 e. The normalized spacial score (nSPS) is 28.9. The van der Waals surface area contributed by atoms with E-state index in [9.17, 15) is 9.59 Å². The maximum atomic E-state index is 12.1. The summed E-state index contributed by atoms with van der Waals surface area (Å²) < 4.78 is 5.12. The van der Waals surface area contributed by atoms with Crippen LogP contribution >= 0.6 is 0 Å². The second kappa shape index (κ2) is 5.69. The van der Waals surface area contributed by atoms with Crippen molar-refractivity contribution in [3.8, 4) is 0 Å². The summed E-state index contributed by atoms with van der Waals surface area (Å²) in [6.45, 7) is 0.547. The minimum Gasteiger partial charge on any atom is -0.481 e. The summed E-state index contributed by atoms with van der Waals surface area (Å²) in [5.74, 6) is -0.703. The van der Waals surface area contributed by atoms with E-state index in [1.807, 2.05) is 0 Å². The monoisotopic (exact) mass is 255 g/mol. The number of rotatable bonds is 6. The minimum absolute atomic E-state index is 0.00713. The lowest BCUT2D eigenvalue weighted by Gasteiger charge is -2.19. The van der Waals surface area contributed by atoms with Gasteiger partial charge < -0.3 is 15.2 Å². The van der Waals surface area contributed by atoms with Gasteiger partial charge >= 0.3 is 5.97 Å². The number of carboxylic acid groups (broad SMARTS) is 1. The van der Waals surface area contributed by atoms with E-state index >= 15 is 0 Å². The van der Waals surface area contributed by atoms with Crippen LogP contribution in [0.4, 0.5) is 0 Å². The van der Waals surface area contributed by atoms with E-state index in [4.69, 9.17) is 9.84 Å². The number of aliphatic carboxylic acids is 1. The summed E-state index contributed by atoms with van der Waals surface area (Å²) in [5.41, 5.74) is 0. The highest BCUT2D eigenvalue weighted by Crippen LogP contribution is 2.34. The Bertz CT molecular complexity index is 327. The van der Waals surface area contributed by atoms with Crippen LogP contribution in [0.2, 0.25) is 0 Å². The van der Waals surface area contributed by atoms with Crippen LogP contribution in [0.1, 0.15) is 32.1 Å². The van der Waals surface area contributed by atoms with Crippen molar-refractivity contribution < 1.29 is 19.4 Å². The van der Waals surface area contributed by atoms with Gasteiger partial charge in [0.25, 0.3) is 0 Å². The smallest absolute Gasteiger partial charge is 0.306 e. The van der Waals surface area contributed by atoms with Crippen LogP contribution in [-0.2, 0) is 14.3 Å². The lowest BCUT2D eigenvalue weighted by Crippen LogP contribution is -2.42. The van der Waals surface area contributed by atoms with Gasteiger partial charge in [-0.2, -0.15) is 0 Å². The van der Waals surface area contributed by atoms with Gasteiger partial charge in [0, 0.05) is 13.0 Å². The first-order chi connectivity index (χ1) is 8.61. The molecule has 2 rings (SSSR count). The van der Waals surface area contributed by atoms with Crippen molar-refractivity contribution in [1.82, 2.24) is 5.32 Å². The predicted molar refractivity (Wildman–Crippen MR) is 65.0 cm³/mol. The Hall–Kier alpha value is -1.10. The fourth-order valence-electron chi connectivity index (χ4n) is 2.72. The van der Waals surface area contributed by atoms with Crippen LogP contribution < -0.4 is 5.32 Å². The molecule has 2 N–H and O–H groups in total. The maximum Gasteiger partial charge on any atom is 0.306 e. The summed E-state index contributed by atoms with van der Waals surface area (Å²) in [6.07, 6.45) is 4.08. The Morgan fingerprint density at radius 3 is 2.44 bits per heavy atom. The van der Waals surface area contributed by atoms with Gasteiger partial charge in [-0.05, 0) is 38.0 Å². The number of hydrogen-bond acceptors (Lipinski definition) is 3. The molecule has 0 bridgehead atoms. The molecule has 0 saturated heterocycles. The van der Waals surface area contributed by atoms with Crippen molar-refractivity contribution in [2.75, 3.05) is 13.7 Å². The Kier molecular flexibility index (Phi) is 4.22. The van der Waals surface area contributed by atoms with Crippen molar-refractivity contribution in [3.05, 3.63) is 0 Å². The fraction of sp³-hybridized carbons (Fsp3) is 0.846. The topological polar surface area (TPSA) is 75.6 Å². The highest BCUT2D eigenvalue weighted by atomic mass is 16.5. The van der Waals surface area contributed by atoms with Crippen LogP contribution in [0, 0.1) is 17.8 Å². The molecule has 0 spiro atoms. The average molecular weight is 255 g/mol. The van der Waals surface area contributed by atoms with Gasteiger partial charge in [-0.25, -0.2) is 0 Å². The Balaban J connectivity index is 1.82. The Morgan fingerprint density at radius 2 is 1.94 bits per heavy atom. The number of ether oxygens (including phenoxy) is 1. The van der Waals surface area contributed by atoms with Gasteiger partial charge in [0.1, 0.15) is 0 Å². The lowest BCUT2D eigenvalue weighted by molar-refractivity contribution is -0.141. The summed E-state index contributed by atoms with van der Waals surface area (Å²) >= 11 is 0. The molecule has 3 atom stereocenters. The van der Waals surface area contributed by atoms with Crippen LogP contribution in [0.5, 0.6) is 0 Å². The first-order valence-electron chi connectivity index (χ1n) is 6.64. The lowest BCUT2D eigenvalue weighted by atomic mass is 10.0. The maximum absolute atomic E-state index is 12.1. The summed E-state index contributed by atoms with van der Waals surface area (Å²) in [6, 6.07) is 0.103. The van der Waals surface area contributed by atoms with Crippen molar-refractivity contribution in [2.45, 2.75) is 38.1 Å². The number of carbonyl (C=O) groups is 2. The number of nitrogens with one attached hydrogen (secondary N) is 1. The average Bonchev–Trinajstić information content (AvgIpc) is 3.04. The van der Waals surface area contributed by atoms with E-state index in [1.54, 1.807) is 7.11 Å². The number of carboxylic acids is 1. The number of methoxy groups -OCH3 is 1. The Morgan fingerprint density at radius 1 is 1.28 bits per heavy atom. The van der Waals surface area contributed by atoms with Gasteiger partial charge in [0.2, 0.25) is 5.91 Å². The molecule has 102 valence electrons. The molecule has 0 aromatic heterocycles. The highest BCUT2D eigenvalue weighted by molar-refractivity contribution is 5.81. The highest BCUT2D eigenvalue weighted by Gasteiger charge is 2.37. The molecule has 2 saturated carbocycles. The van der Waals surface area contributed by atoms with E-state index in [1.165, 1.54) is 0 Å². The number of carbonyl (C=O) groups excluding carboxylic acids is 1. The molecule has 2 fully saturated rings. The van der Waals surface area contributed by atoms with Gasteiger partial charge in [-0.3, -0.25) is 9.59 Å². The SMILES string of the molecule is COCC(NC(=O)[C@@H]1CC[C@H](C(=O)O)C1)C1CC1. The first-order valence-corrected chi connectivity index (χ1v) is 6.64. The third-order valence-electron chi connectivity index (χ3n) is 4.02. The Labute approximate surface area is 107 Å². The van der Waals surface area contributed by atoms with Crippen LogP contribution in [0.3, 0.4) is 0 Å². The van der Waals surface area contributed by atoms with E-state index in [0.717, 1.165) is 12.8 Å². The van der Waals surface area contributed by atoms with Gasteiger partial charge in [0.05, 0.1) is 18.6 Å². The minimum atomic E-state index is -0.777. The third kappa shape index (κ3) is 3.22. The van der Waals surface area contributed by atoms with E-state index < -0.39 is 5.97 Å². The van der Waals surface area contributed by atoms with E-state index in [-0.39, 0.29) is 23.8 Å². The predicted octanol–water partition coefficient (Wildman–Crippen LogP) is 1.03. The fourth-order valence-corrected chi connectivity index (χ4v) is 2.72. The second-order valence-corrected chi connectivity index (χ2v) is 5.45. The zero-order valence-corrected chi connectivity index (χ0v) is 10.7. The molecular formula is C13H21NO4. The molecule has 0 aliphatic heterocycles. The van der Waals surface area contributed by atoms with Crippen LogP contribution in [0.25, 0.3) is 0 Å². The number of hydrogen-bond donors (Lipinski definition) is 2. The van der Waals surface area contributed by atoms with Gasteiger partial charge in [-0.1, -0.05) is 0 Å². The zero-order valence-electron chi connectivity index (χ0n) is 10.7. The molecule has 5 nitrogen and oxygen atoms in total. The molecule has 18 heavy (non-hydrogen) atoms. The zero-order chi connectivity index (χ0) is 13.1. The third-order valence-corrected chi connectivity index (χ3v) is 4.02. The molecule has 2 aliphatic carbocycles. The molecule has 0 radical (unpaired) electrons. The van der Waals surface area contributed by atoms with Crippen molar-refractivity contribution in [1.29, 1.82) is 0 Å². The molecular weight excluding hydrogens is 234 g/mol.